The van der Waals surface area contributed by atoms with E-state index < -0.39 is 45.5 Å². The van der Waals surface area contributed by atoms with Gasteiger partial charge in [0.25, 0.3) is 0 Å². The van der Waals surface area contributed by atoms with Gasteiger partial charge in [-0.2, -0.15) is 0 Å². The van der Waals surface area contributed by atoms with Gasteiger partial charge >= 0.3 is 23.9 Å². The Labute approximate surface area is 343 Å². The first kappa shape index (κ1) is 51.9. The van der Waals surface area contributed by atoms with Crippen LogP contribution in [0.1, 0.15) is 259 Å². The number of unbranched alkanes of at least 4 members (excludes halogenated alkanes) is 28. The van der Waals surface area contributed by atoms with Crippen LogP contribution in [0.3, 0.4) is 0 Å². The monoisotopic (exact) mass is 793 g/mol. The highest BCUT2D eigenvalue weighted by Gasteiger charge is 2.96. The van der Waals surface area contributed by atoms with Gasteiger partial charge in [-0.3, -0.25) is 19.2 Å². The Hall–Kier alpha value is -2.12. The summed E-state index contributed by atoms with van der Waals surface area (Å²) in [5.41, 5.74) is -8.94. The van der Waals surface area contributed by atoms with E-state index in [1.807, 2.05) is 0 Å². The van der Waals surface area contributed by atoms with Crippen molar-refractivity contribution in [3.63, 3.8) is 0 Å². The third-order valence-electron chi connectivity index (χ3n) is 14.0. The number of hydrogen-bond acceptors (Lipinski definition) is 4. The van der Waals surface area contributed by atoms with Gasteiger partial charge in [0.15, 0.2) is 0 Å². The Bertz CT molecular complexity index is 907. The molecular formula is C48H88O8. The molecule has 0 aromatic carbocycles. The van der Waals surface area contributed by atoms with E-state index in [-0.39, 0.29) is 25.7 Å². The Balaban J connectivity index is 3.74. The zero-order valence-electron chi connectivity index (χ0n) is 36.9. The van der Waals surface area contributed by atoms with Crippen LogP contribution in [0.5, 0.6) is 0 Å². The summed E-state index contributed by atoms with van der Waals surface area (Å²) in [6, 6.07) is 0. The third kappa shape index (κ3) is 12.9. The maximum absolute atomic E-state index is 14.1. The van der Waals surface area contributed by atoms with E-state index >= 15 is 0 Å². The summed E-state index contributed by atoms with van der Waals surface area (Å²) in [6.45, 7) is 8.67. The lowest BCUT2D eigenvalue weighted by atomic mass is 9.21. The van der Waals surface area contributed by atoms with Crippen molar-refractivity contribution in [3.8, 4) is 0 Å². The van der Waals surface area contributed by atoms with Gasteiger partial charge in [0.1, 0.15) is 21.7 Å². The predicted molar refractivity (Wildman–Crippen MR) is 229 cm³/mol. The molecule has 0 spiro atoms. The van der Waals surface area contributed by atoms with Gasteiger partial charge in [-0.25, -0.2) is 0 Å². The fourth-order valence-electron chi connectivity index (χ4n) is 11.1. The molecule has 1 rings (SSSR count). The van der Waals surface area contributed by atoms with Crippen LogP contribution in [0.4, 0.5) is 0 Å². The average Bonchev–Trinajstić information content (AvgIpc) is 3.16. The molecule has 0 aromatic rings. The molecule has 0 saturated heterocycles. The van der Waals surface area contributed by atoms with Gasteiger partial charge in [-0.1, -0.05) is 233 Å². The Morgan fingerprint density at radius 3 is 0.500 bits per heavy atom. The molecule has 1 fully saturated rings. The fraction of sp³-hybridized carbons (Fsp3) is 0.917. The van der Waals surface area contributed by atoms with Gasteiger partial charge in [0.2, 0.25) is 0 Å². The number of carbonyl (C=O) groups is 4. The molecule has 1 aliphatic rings. The largest absolute Gasteiger partial charge is 0.481 e. The summed E-state index contributed by atoms with van der Waals surface area (Å²) >= 11 is 0. The second kappa shape index (κ2) is 29.1. The molecule has 0 aliphatic heterocycles. The molecule has 1 saturated carbocycles. The van der Waals surface area contributed by atoms with E-state index in [0.29, 0.717) is 51.4 Å². The van der Waals surface area contributed by atoms with E-state index in [9.17, 15) is 39.6 Å². The molecule has 0 amide bonds. The highest BCUT2D eigenvalue weighted by atomic mass is 16.4. The molecule has 0 unspecified atom stereocenters. The normalized spacial score (nSPS) is 23.2. The Morgan fingerprint density at radius 2 is 0.375 bits per heavy atom. The van der Waals surface area contributed by atoms with Crippen molar-refractivity contribution in [2.45, 2.75) is 259 Å². The number of carboxylic acids is 4. The molecule has 0 atom stereocenters. The maximum atomic E-state index is 14.1. The minimum absolute atomic E-state index is 0.129. The summed E-state index contributed by atoms with van der Waals surface area (Å²) in [5.74, 6) is -5.73. The van der Waals surface area contributed by atoms with Crippen LogP contribution in [0, 0.1) is 21.7 Å². The molecule has 328 valence electrons. The smallest absolute Gasteiger partial charge is 0.312 e. The molecule has 8 nitrogen and oxygen atoms in total. The van der Waals surface area contributed by atoms with Crippen LogP contribution < -0.4 is 0 Å². The molecule has 0 bridgehead atoms. The van der Waals surface area contributed by atoms with Crippen molar-refractivity contribution in [1.29, 1.82) is 0 Å². The van der Waals surface area contributed by atoms with Crippen molar-refractivity contribution < 1.29 is 39.6 Å². The third-order valence-corrected chi connectivity index (χ3v) is 14.0. The maximum Gasteiger partial charge on any atom is 0.312 e. The zero-order valence-corrected chi connectivity index (χ0v) is 36.9. The molecule has 8 heteroatoms. The summed E-state index contributed by atoms with van der Waals surface area (Å²) < 4.78 is 0. The van der Waals surface area contributed by atoms with E-state index in [0.717, 1.165) is 154 Å². The number of rotatable bonds is 40. The van der Waals surface area contributed by atoms with Gasteiger partial charge in [0, 0.05) is 0 Å². The minimum Gasteiger partial charge on any atom is -0.481 e. The topological polar surface area (TPSA) is 149 Å². The van der Waals surface area contributed by atoms with Crippen molar-refractivity contribution in [3.05, 3.63) is 0 Å². The van der Waals surface area contributed by atoms with Gasteiger partial charge in [-0.05, 0) is 25.7 Å². The van der Waals surface area contributed by atoms with E-state index in [2.05, 4.69) is 27.7 Å². The van der Waals surface area contributed by atoms with Crippen molar-refractivity contribution in [1.82, 2.24) is 0 Å². The van der Waals surface area contributed by atoms with Crippen LogP contribution in [0.2, 0.25) is 0 Å². The first-order valence-electron chi connectivity index (χ1n) is 24.0. The number of hydrogen-bond donors (Lipinski definition) is 4. The SMILES string of the molecule is CCCCCCCCCCC1(C(=O)O)C(CCCCCCCCCC)(C(=O)O)C(CCCCCCCCCC)(C(=O)O)C1(CCCCCCCCCC)C(=O)O. The zero-order chi connectivity index (χ0) is 41.8. The number of aliphatic carboxylic acids is 4. The molecule has 0 aromatic heterocycles. The van der Waals surface area contributed by atoms with Gasteiger partial charge < -0.3 is 20.4 Å². The molecule has 1 aliphatic carbocycles. The van der Waals surface area contributed by atoms with E-state index in [4.69, 9.17) is 0 Å². The average molecular weight is 793 g/mol. The van der Waals surface area contributed by atoms with Crippen LogP contribution in [0.15, 0.2) is 0 Å². The lowest BCUT2D eigenvalue weighted by molar-refractivity contribution is -0.323. The molecule has 56 heavy (non-hydrogen) atoms. The van der Waals surface area contributed by atoms with Crippen LogP contribution >= 0.6 is 0 Å². The predicted octanol–water partition coefficient (Wildman–Crippen LogP) is 14.4. The first-order chi connectivity index (χ1) is 27.0. The lowest BCUT2D eigenvalue weighted by Gasteiger charge is -2.75. The van der Waals surface area contributed by atoms with E-state index in [1.54, 1.807) is 0 Å². The highest BCUT2D eigenvalue weighted by Crippen LogP contribution is 2.84. The summed E-state index contributed by atoms with van der Waals surface area (Å²) in [5, 5.41) is 46.0. The van der Waals surface area contributed by atoms with Gasteiger partial charge in [-0.15, -0.1) is 0 Å². The first-order valence-corrected chi connectivity index (χ1v) is 24.0. The summed E-state index contributed by atoms with van der Waals surface area (Å²) in [7, 11) is 0. The summed E-state index contributed by atoms with van der Waals surface area (Å²) in [6.07, 6.45) is 29.1. The van der Waals surface area contributed by atoms with Crippen molar-refractivity contribution >= 4 is 23.9 Å². The van der Waals surface area contributed by atoms with Gasteiger partial charge in [0.05, 0.1) is 0 Å². The molecule has 0 radical (unpaired) electrons. The second-order valence-electron chi connectivity index (χ2n) is 17.7. The Kier molecular flexibility index (Phi) is 27.0. The fourth-order valence-corrected chi connectivity index (χ4v) is 11.1. The van der Waals surface area contributed by atoms with Crippen molar-refractivity contribution in [2.75, 3.05) is 0 Å². The van der Waals surface area contributed by atoms with Crippen LogP contribution in [-0.2, 0) is 19.2 Å². The van der Waals surface area contributed by atoms with Crippen LogP contribution in [-0.4, -0.2) is 44.3 Å². The number of carboxylic acid groups (broad SMARTS) is 4. The van der Waals surface area contributed by atoms with E-state index in [1.165, 1.54) is 0 Å². The molecule has 4 N–H and O–H groups in total. The molecule has 0 heterocycles. The van der Waals surface area contributed by atoms with Crippen LogP contribution in [0.25, 0.3) is 0 Å². The quantitative estimate of drug-likeness (QED) is 0.0448. The highest BCUT2D eigenvalue weighted by molar-refractivity contribution is 6.06. The standard InChI is InChI=1S/C48H88O8/c1-5-9-13-17-21-25-29-33-37-45(41(49)50)46(42(51)52,38-34-30-26-22-18-14-10-6-2)48(44(55)56,40-36-32-28-24-20-16-12-8-4)47(45,43(53)54)39-35-31-27-23-19-15-11-7-3/h5-40H2,1-4H3,(H,49,50)(H,51,52)(H,53,54)(H,55,56). The van der Waals surface area contributed by atoms with Crippen molar-refractivity contribution in [2.24, 2.45) is 21.7 Å². The molecular weight excluding hydrogens is 705 g/mol. The summed E-state index contributed by atoms with van der Waals surface area (Å²) in [4.78, 5) is 56.6. The second-order valence-corrected chi connectivity index (χ2v) is 17.7. The Morgan fingerprint density at radius 1 is 0.250 bits per heavy atom. The minimum atomic E-state index is -2.24. The lowest BCUT2D eigenvalue weighted by Crippen LogP contribution is -2.87.